The molecule has 3 rings (SSSR count). The van der Waals surface area contributed by atoms with Crippen molar-refractivity contribution in [1.29, 1.82) is 0 Å². The van der Waals surface area contributed by atoms with Crippen molar-refractivity contribution < 1.29 is 32.2 Å². The van der Waals surface area contributed by atoms with E-state index in [1.165, 1.54) is 6.07 Å². The van der Waals surface area contributed by atoms with Crippen molar-refractivity contribution in [1.82, 2.24) is 9.88 Å². The Balaban J connectivity index is 1.68. The Labute approximate surface area is 214 Å². The number of carbonyl (C=O) groups is 2. The van der Waals surface area contributed by atoms with E-state index in [1.807, 2.05) is 0 Å². The molecule has 0 unspecified atom stereocenters. The summed E-state index contributed by atoms with van der Waals surface area (Å²) < 4.78 is 42.7. The highest BCUT2D eigenvalue weighted by atomic mass is 32.2. The molecule has 2 amide bonds. The minimum Gasteiger partial charge on any atom is -0.480 e. The van der Waals surface area contributed by atoms with E-state index in [-0.39, 0.29) is 41.0 Å². The molecule has 1 fully saturated rings. The van der Waals surface area contributed by atoms with Crippen LogP contribution in [-0.4, -0.2) is 59.3 Å². The van der Waals surface area contributed by atoms with Crippen LogP contribution in [0.15, 0.2) is 34.7 Å². The third-order valence-corrected chi connectivity index (χ3v) is 10.3. The molecule has 1 aliphatic rings. The summed E-state index contributed by atoms with van der Waals surface area (Å²) in [5.74, 6) is -1.25. The van der Waals surface area contributed by atoms with Crippen LogP contribution in [-0.2, 0) is 26.0 Å². The fourth-order valence-corrected chi connectivity index (χ4v) is 6.70. The lowest BCUT2D eigenvalue weighted by atomic mass is 9.86. The molecule has 1 aromatic heterocycles. The minimum atomic E-state index is -4.21. The first-order valence-electron chi connectivity index (χ1n) is 11.8. The lowest BCUT2D eigenvalue weighted by molar-refractivity contribution is -0.139. The van der Waals surface area contributed by atoms with Crippen molar-refractivity contribution in [3.05, 3.63) is 41.8 Å². The number of anilines is 1. The third-order valence-electron chi connectivity index (χ3n) is 6.53. The number of urea groups is 1. The summed E-state index contributed by atoms with van der Waals surface area (Å²) in [4.78, 5) is 30.3. The van der Waals surface area contributed by atoms with Gasteiger partial charge in [0.2, 0.25) is 9.84 Å². The maximum absolute atomic E-state index is 13.8. The van der Waals surface area contributed by atoms with Crippen molar-refractivity contribution in [2.24, 2.45) is 5.92 Å². The van der Waals surface area contributed by atoms with Gasteiger partial charge in [-0.3, -0.25) is 10.1 Å². The number of aliphatic carboxylic acids is 1. The predicted octanol–water partition coefficient (Wildman–Crippen LogP) is 4.55. The molecule has 1 saturated carbocycles. The van der Waals surface area contributed by atoms with Crippen LogP contribution < -0.4 is 5.32 Å². The van der Waals surface area contributed by atoms with Gasteiger partial charge in [-0.1, -0.05) is 36.5 Å². The van der Waals surface area contributed by atoms with E-state index in [2.05, 4.69) is 17.2 Å². The van der Waals surface area contributed by atoms with Crippen LogP contribution in [0, 0.1) is 11.7 Å². The first-order valence-corrected chi connectivity index (χ1v) is 14.1. The third kappa shape index (κ3) is 6.40. The average molecular weight is 542 g/mol. The second kappa shape index (κ2) is 11.7. The van der Waals surface area contributed by atoms with E-state index in [9.17, 15) is 27.5 Å². The zero-order valence-electron chi connectivity index (χ0n) is 20.6. The molecule has 0 radical (unpaired) electrons. The van der Waals surface area contributed by atoms with Gasteiger partial charge in [-0.15, -0.1) is 0 Å². The Morgan fingerprint density at radius 2 is 1.92 bits per heavy atom. The summed E-state index contributed by atoms with van der Waals surface area (Å²) in [7, 11) is -4.21. The molecule has 36 heavy (non-hydrogen) atoms. The van der Waals surface area contributed by atoms with Gasteiger partial charge >= 0.3 is 12.0 Å². The molecule has 9 nitrogen and oxygen atoms in total. The van der Waals surface area contributed by atoms with Gasteiger partial charge in [-0.2, -0.15) is 0 Å². The van der Waals surface area contributed by atoms with Crippen LogP contribution in [0.25, 0.3) is 0 Å². The van der Waals surface area contributed by atoms with E-state index >= 15 is 0 Å². The van der Waals surface area contributed by atoms with E-state index in [1.54, 1.807) is 23.1 Å². The molecule has 0 spiro atoms. The molecule has 0 atom stereocenters. The highest BCUT2D eigenvalue weighted by molar-refractivity contribution is 7.95. The van der Waals surface area contributed by atoms with Crippen molar-refractivity contribution in [3.63, 3.8) is 0 Å². The molecule has 0 aliphatic heterocycles. The topological polar surface area (TPSA) is 126 Å². The average Bonchev–Trinajstić information content (AvgIpc) is 3.30. The van der Waals surface area contributed by atoms with Crippen molar-refractivity contribution in [2.45, 2.75) is 68.1 Å². The molecule has 0 bridgehead atoms. The van der Waals surface area contributed by atoms with Gasteiger partial charge in [-0.05, 0) is 51.5 Å². The number of rotatable bonds is 10. The number of carbonyl (C=O) groups excluding carboxylic acids is 1. The number of aromatic nitrogens is 1. The highest BCUT2D eigenvalue weighted by Crippen LogP contribution is 2.32. The molecule has 2 N–H and O–H groups in total. The van der Waals surface area contributed by atoms with Gasteiger partial charge < -0.3 is 14.7 Å². The summed E-state index contributed by atoms with van der Waals surface area (Å²) in [6, 6.07) is 5.87. The number of ether oxygens (including phenoxy) is 1. The van der Waals surface area contributed by atoms with E-state index in [0.29, 0.717) is 22.8 Å². The monoisotopic (exact) mass is 541 g/mol. The lowest BCUT2D eigenvalue weighted by Crippen LogP contribution is -2.46. The molecule has 1 heterocycles. The number of amides is 2. The van der Waals surface area contributed by atoms with Gasteiger partial charge in [0.1, 0.15) is 10.0 Å². The van der Waals surface area contributed by atoms with Crippen LogP contribution in [0.4, 0.5) is 14.3 Å². The number of carboxylic acid groups (broad SMARTS) is 1. The van der Waals surface area contributed by atoms with Crippen molar-refractivity contribution >= 4 is 38.3 Å². The summed E-state index contributed by atoms with van der Waals surface area (Å²) >= 11 is 0.710. The highest BCUT2D eigenvalue weighted by Gasteiger charge is 2.44. The van der Waals surface area contributed by atoms with Crippen molar-refractivity contribution in [2.75, 3.05) is 18.5 Å². The number of nitrogens with one attached hydrogen (secondary N) is 1. The Morgan fingerprint density at radius 1 is 1.25 bits per heavy atom. The van der Waals surface area contributed by atoms with Crippen LogP contribution >= 0.6 is 11.3 Å². The maximum atomic E-state index is 13.8. The van der Waals surface area contributed by atoms with E-state index in [0.717, 1.165) is 45.7 Å². The number of sulfone groups is 1. The van der Waals surface area contributed by atoms with Gasteiger partial charge in [0.05, 0.1) is 19.4 Å². The van der Waals surface area contributed by atoms with E-state index in [4.69, 9.17) is 4.74 Å². The minimum absolute atomic E-state index is 0.0210. The molecule has 1 aliphatic carbocycles. The number of halogens is 1. The predicted molar refractivity (Wildman–Crippen MR) is 134 cm³/mol. The number of benzene rings is 1. The SMILES string of the molecule is CC(C)(C(=O)O)S(=O)(=O)c1cnc(NC(=O)N(CCOCc2ccccc2F)[C@H]2CC[C@H](C)CC2)s1. The smallest absolute Gasteiger partial charge is 0.324 e. The molecule has 0 saturated heterocycles. The Kier molecular flexibility index (Phi) is 9.07. The molecule has 2 aromatic rings. The number of carboxylic acids is 1. The fraction of sp³-hybridized carbons (Fsp3) is 0.542. The normalized spacial score (nSPS) is 18.6. The zero-order valence-corrected chi connectivity index (χ0v) is 22.2. The van der Waals surface area contributed by atoms with Crippen molar-refractivity contribution in [3.8, 4) is 0 Å². The number of thiazole rings is 1. The molecular weight excluding hydrogens is 509 g/mol. The quantitative estimate of drug-likeness (QED) is 0.423. The Hall–Kier alpha value is -2.57. The number of nitrogens with zero attached hydrogens (tertiary/aromatic N) is 2. The van der Waals surface area contributed by atoms with Crippen LogP contribution in [0.3, 0.4) is 0 Å². The van der Waals surface area contributed by atoms with Crippen LogP contribution in [0.1, 0.15) is 52.0 Å². The first-order chi connectivity index (χ1) is 16.9. The Bertz CT molecular complexity index is 1180. The summed E-state index contributed by atoms with van der Waals surface area (Å²) in [6.07, 6.45) is 4.67. The van der Waals surface area contributed by atoms with Gasteiger partial charge in [0.15, 0.2) is 9.88 Å². The van der Waals surface area contributed by atoms with Gasteiger partial charge in [-0.25, -0.2) is 22.6 Å². The summed E-state index contributed by atoms with van der Waals surface area (Å²) in [5.41, 5.74) is 0.431. The fourth-order valence-electron chi connectivity index (χ4n) is 3.94. The second-order valence-electron chi connectivity index (χ2n) is 9.48. The number of hydrogen-bond donors (Lipinski definition) is 2. The first kappa shape index (κ1) is 28.0. The van der Waals surface area contributed by atoms with Crippen LogP contribution in [0.5, 0.6) is 0 Å². The molecular formula is C24H32FN3O6S2. The summed E-state index contributed by atoms with van der Waals surface area (Å²) in [6.45, 7) is 4.93. The standard InChI is InChI=1S/C24H32FN3O6S2/c1-16-8-10-18(11-9-16)28(12-13-34-15-17-6-4-5-7-19(17)25)23(31)27-22-26-14-20(35-22)36(32,33)24(2,3)21(29)30/h4-7,14,16,18H,8-13,15H2,1-3H3,(H,29,30)(H,26,27,31)/t16-,18-. The zero-order chi connectivity index (χ0) is 26.5. The van der Waals surface area contributed by atoms with Gasteiger partial charge in [0, 0.05) is 18.2 Å². The summed E-state index contributed by atoms with van der Waals surface area (Å²) in [5, 5.41) is 12.0. The molecule has 198 valence electrons. The molecule has 1 aromatic carbocycles. The maximum Gasteiger partial charge on any atom is 0.324 e. The second-order valence-corrected chi connectivity index (χ2v) is 13.2. The number of hydrogen-bond acceptors (Lipinski definition) is 7. The molecule has 12 heteroatoms. The largest absolute Gasteiger partial charge is 0.480 e. The van der Waals surface area contributed by atoms with Gasteiger partial charge in [0.25, 0.3) is 0 Å². The van der Waals surface area contributed by atoms with Crippen LogP contribution in [0.2, 0.25) is 0 Å². The lowest BCUT2D eigenvalue weighted by Gasteiger charge is -2.36. The Morgan fingerprint density at radius 3 is 2.56 bits per heavy atom. The van der Waals surface area contributed by atoms with E-state index < -0.39 is 26.6 Å².